The maximum absolute atomic E-state index is 10.7. The lowest BCUT2D eigenvalue weighted by molar-refractivity contribution is -0.377. The maximum Gasteiger partial charge on any atom is 0.197 e. The molecule has 48 heavy (non-hydrogen) atoms. The number of aromatic nitrogens is 1. The Morgan fingerprint density at radius 1 is 0.812 bits per heavy atom. The van der Waals surface area contributed by atoms with E-state index in [9.17, 15) is 14.7 Å². The van der Waals surface area contributed by atoms with Gasteiger partial charge in [-0.3, -0.25) is 9.59 Å². The summed E-state index contributed by atoms with van der Waals surface area (Å²) in [5.74, 6) is 1.53. The molecule has 0 fully saturated rings. The Bertz CT molecular complexity index is 1420. The highest BCUT2D eigenvalue weighted by Crippen LogP contribution is 2.34. The Hall–Kier alpha value is -3.69. The predicted octanol–water partition coefficient (Wildman–Crippen LogP) is 8.66. The van der Waals surface area contributed by atoms with Gasteiger partial charge in [-0.25, -0.2) is 4.98 Å². The zero-order valence-corrected chi connectivity index (χ0v) is 32.8. The maximum atomic E-state index is 10.7. The average Bonchev–Trinajstić information content (AvgIpc) is 3.10. The van der Waals surface area contributed by atoms with Crippen molar-refractivity contribution in [1.82, 2.24) is 0 Å². The highest BCUT2D eigenvalue weighted by atomic mass is 127. The molecule has 1 unspecified atom stereocenters. The number of rotatable bonds is 10. The van der Waals surface area contributed by atoms with Gasteiger partial charge in [0.15, 0.2) is 41.7 Å². The zero-order valence-electron chi connectivity index (χ0n) is 28.5. The van der Waals surface area contributed by atoms with E-state index in [0.29, 0.717) is 44.8 Å². The lowest BCUT2D eigenvalue weighted by Crippen LogP contribution is -2.17. The minimum absolute atomic E-state index is 0.0729. The van der Waals surface area contributed by atoms with E-state index in [1.165, 1.54) is 37.7 Å². The molecule has 0 bridgehead atoms. The number of H-pyrrole nitrogens is 1. The molecule has 1 heterocycles. The topological polar surface area (TPSA) is 115 Å². The molecular weight excluding hydrogens is 840 g/mol. The number of phenols is 1. The number of aromatic hydroxyl groups is 1. The number of carbonyl (C=O) groups is 2. The molecule has 9 nitrogen and oxygen atoms in total. The molecule has 0 aliphatic heterocycles. The number of phenolic OH excluding ortho intramolecular Hbond substituents is 1. The number of carbonyl (C=O) groups excluding carboxylic acids is 2. The average molecular weight is 887 g/mol. The predicted molar refractivity (Wildman–Crippen MR) is 206 cm³/mol. The third kappa shape index (κ3) is 19.2. The minimum Gasteiger partial charge on any atom is -0.504 e. The van der Waals surface area contributed by atoms with E-state index in [2.05, 4.69) is 77.0 Å². The molecule has 4 rings (SSSR count). The highest BCUT2D eigenvalue weighted by molar-refractivity contribution is 14.1. The summed E-state index contributed by atoms with van der Waals surface area (Å²) in [5, 5.41) is 9.37. The van der Waals surface area contributed by atoms with Crippen LogP contribution in [0.4, 0.5) is 0 Å². The van der Waals surface area contributed by atoms with Gasteiger partial charge in [-0.05, 0) is 104 Å². The number of aromatic amines is 1. The summed E-state index contributed by atoms with van der Waals surface area (Å²) >= 11 is 4.03. The Balaban J connectivity index is 0.000000619. The molecule has 0 amide bonds. The standard InChI is InChI=1S/C12H15IO4.C8H7IO3.C8H10.C5H5N.C4H8O/c1-4-16-8(2)17-12-10(13)5-9(7-14)6-11(12)15-3;1-12-7-3-5(4-10)2-6(9)8(7)11;1-7-3-5-8(2)6-4-7;1-2-4-6-5-3-1;1-3-5-4-2/h5-8H,4H2,1-3H3;2-4,11H,1H3;3-6H,1-2H3;1-5H;3H,1,4H2,2H3/p+1. The normalized spacial score (nSPS) is 9.85. The second-order valence-corrected chi connectivity index (χ2v) is 11.6. The first kappa shape index (κ1) is 44.3. The van der Waals surface area contributed by atoms with Crippen molar-refractivity contribution in [3.63, 3.8) is 0 Å². The number of ether oxygens (including phenoxy) is 5. The first-order valence-corrected chi connectivity index (χ1v) is 17.0. The Morgan fingerprint density at radius 2 is 1.31 bits per heavy atom. The molecule has 1 atom stereocenters. The van der Waals surface area contributed by atoms with Gasteiger partial charge in [-0.15, -0.1) is 0 Å². The van der Waals surface area contributed by atoms with Crippen molar-refractivity contribution < 1.29 is 43.4 Å². The molecule has 4 aromatic rings. The fraction of sp³-hybridized carbons (Fsp3) is 0.270. The quantitative estimate of drug-likeness (QED) is 0.0729. The summed E-state index contributed by atoms with van der Waals surface area (Å²) in [5.41, 5.74) is 3.71. The lowest BCUT2D eigenvalue weighted by Gasteiger charge is -2.18. The molecule has 11 heteroatoms. The van der Waals surface area contributed by atoms with Gasteiger partial charge in [-0.1, -0.05) is 48.0 Å². The first-order valence-electron chi connectivity index (χ1n) is 14.8. The van der Waals surface area contributed by atoms with Crippen LogP contribution < -0.4 is 19.2 Å². The van der Waals surface area contributed by atoms with Crippen molar-refractivity contribution in [3.8, 4) is 23.0 Å². The number of hydrogen-bond donors (Lipinski definition) is 1. The van der Waals surface area contributed by atoms with Crippen molar-refractivity contribution in [2.75, 3.05) is 27.4 Å². The van der Waals surface area contributed by atoms with Crippen LogP contribution in [0.1, 0.15) is 52.6 Å². The van der Waals surface area contributed by atoms with E-state index in [1.54, 1.807) is 18.2 Å². The molecule has 0 aliphatic rings. The lowest BCUT2D eigenvalue weighted by atomic mass is 10.2. The monoisotopic (exact) mass is 886 g/mol. The fourth-order valence-corrected chi connectivity index (χ4v) is 4.65. The summed E-state index contributed by atoms with van der Waals surface area (Å²) in [6.45, 7) is 14.5. The third-order valence-corrected chi connectivity index (χ3v) is 7.21. The molecule has 0 spiro atoms. The van der Waals surface area contributed by atoms with Gasteiger partial charge in [0.05, 0.1) is 34.2 Å². The van der Waals surface area contributed by atoms with Gasteiger partial charge in [-0.2, -0.15) is 0 Å². The van der Waals surface area contributed by atoms with E-state index < -0.39 is 0 Å². The van der Waals surface area contributed by atoms with Crippen molar-refractivity contribution in [1.29, 1.82) is 0 Å². The Labute approximate surface area is 311 Å². The van der Waals surface area contributed by atoms with Crippen molar-refractivity contribution >= 4 is 57.8 Å². The number of nitrogens with one attached hydrogen (secondary N) is 1. The second kappa shape index (κ2) is 27.3. The van der Waals surface area contributed by atoms with E-state index >= 15 is 0 Å². The molecular formula is C37H46I2NO8+. The molecule has 0 saturated carbocycles. The number of pyridine rings is 1. The number of benzene rings is 3. The zero-order chi connectivity index (χ0) is 36.3. The van der Waals surface area contributed by atoms with Crippen LogP contribution in [-0.4, -0.2) is 51.4 Å². The third-order valence-electron chi connectivity index (χ3n) is 5.59. The van der Waals surface area contributed by atoms with Crippen LogP contribution in [0.2, 0.25) is 0 Å². The van der Waals surface area contributed by atoms with Crippen LogP contribution >= 0.6 is 45.2 Å². The van der Waals surface area contributed by atoms with Crippen LogP contribution in [0, 0.1) is 21.0 Å². The van der Waals surface area contributed by atoms with Gasteiger partial charge in [0.2, 0.25) is 0 Å². The molecule has 0 saturated heterocycles. The molecule has 0 aliphatic carbocycles. The Morgan fingerprint density at radius 3 is 1.67 bits per heavy atom. The number of aryl methyl sites for hydroxylation is 2. The minimum atomic E-state index is -0.357. The van der Waals surface area contributed by atoms with Gasteiger partial charge in [0.25, 0.3) is 0 Å². The van der Waals surface area contributed by atoms with Crippen LogP contribution in [0.3, 0.4) is 0 Å². The first-order chi connectivity index (χ1) is 23.0. The van der Waals surface area contributed by atoms with Gasteiger partial charge < -0.3 is 28.8 Å². The van der Waals surface area contributed by atoms with Crippen LogP contribution in [0.25, 0.3) is 0 Å². The summed E-state index contributed by atoms with van der Waals surface area (Å²) in [6.07, 6.45) is 6.31. The molecule has 260 valence electrons. The molecule has 0 radical (unpaired) electrons. The fourth-order valence-electron chi connectivity index (χ4n) is 3.27. The summed E-state index contributed by atoms with van der Waals surface area (Å²) in [6, 6.07) is 20.8. The van der Waals surface area contributed by atoms with E-state index in [4.69, 9.17) is 18.9 Å². The number of hydrogen-bond acceptors (Lipinski definition) is 8. The van der Waals surface area contributed by atoms with Gasteiger partial charge >= 0.3 is 0 Å². The van der Waals surface area contributed by atoms with Crippen molar-refractivity contribution in [3.05, 3.63) is 121 Å². The smallest absolute Gasteiger partial charge is 0.197 e. The van der Waals surface area contributed by atoms with Crippen molar-refractivity contribution in [2.24, 2.45) is 0 Å². The number of methoxy groups -OCH3 is 2. The van der Waals surface area contributed by atoms with E-state index in [0.717, 1.165) is 16.5 Å². The summed E-state index contributed by atoms with van der Waals surface area (Å²) in [4.78, 5) is 24.0. The molecule has 3 aromatic carbocycles. The largest absolute Gasteiger partial charge is 0.504 e. The van der Waals surface area contributed by atoms with Crippen LogP contribution in [-0.2, 0) is 9.47 Å². The molecule has 2 N–H and O–H groups in total. The van der Waals surface area contributed by atoms with E-state index in [-0.39, 0.29) is 12.0 Å². The SMILES string of the molecule is C=COCC.CCOC(C)Oc1c(I)cc(C=O)cc1OC.COc1cc(C=O)cc(I)c1O.Cc1ccc(C)cc1.c1cc[nH+]cc1. The van der Waals surface area contributed by atoms with Gasteiger partial charge in [0.1, 0.15) is 12.6 Å². The van der Waals surface area contributed by atoms with Gasteiger partial charge in [0, 0.05) is 29.9 Å². The second-order valence-electron chi connectivity index (χ2n) is 9.32. The summed E-state index contributed by atoms with van der Waals surface area (Å²) < 4.78 is 27.0. The van der Waals surface area contributed by atoms with E-state index in [1.807, 2.05) is 74.0 Å². The van der Waals surface area contributed by atoms with Crippen LogP contribution in [0.5, 0.6) is 23.0 Å². The van der Waals surface area contributed by atoms with Crippen LogP contribution in [0.15, 0.2) is 92.0 Å². The number of aldehydes is 2. The van der Waals surface area contributed by atoms with Crippen molar-refractivity contribution in [2.45, 2.75) is 40.9 Å². The summed E-state index contributed by atoms with van der Waals surface area (Å²) in [7, 11) is 2.98. The molecule has 1 aromatic heterocycles. The highest BCUT2D eigenvalue weighted by Gasteiger charge is 2.14. The number of halogens is 2. The Kier molecular flexibility index (Phi) is 25.2.